The van der Waals surface area contributed by atoms with Crippen molar-refractivity contribution in [1.29, 1.82) is 0 Å². The number of nitrogens with one attached hydrogen (secondary N) is 1. The van der Waals surface area contributed by atoms with E-state index in [-0.39, 0.29) is 11.7 Å². The van der Waals surface area contributed by atoms with E-state index in [4.69, 9.17) is 4.42 Å². The van der Waals surface area contributed by atoms with Crippen molar-refractivity contribution in [3.05, 3.63) is 35.8 Å². The SMILES string of the molecule is CC[C@@H]1CNCC[C@@H]1c1c(F)ccc2ccoc12. The minimum atomic E-state index is -0.122. The monoisotopic (exact) mass is 247 g/mol. The molecular weight excluding hydrogens is 229 g/mol. The Morgan fingerprint density at radius 2 is 2.28 bits per heavy atom. The van der Waals surface area contributed by atoms with Crippen LogP contribution in [0.2, 0.25) is 0 Å². The van der Waals surface area contributed by atoms with Gasteiger partial charge in [0.1, 0.15) is 11.4 Å². The summed E-state index contributed by atoms with van der Waals surface area (Å²) >= 11 is 0. The van der Waals surface area contributed by atoms with Crippen LogP contribution in [0.5, 0.6) is 0 Å². The van der Waals surface area contributed by atoms with Crippen LogP contribution >= 0.6 is 0 Å². The number of benzene rings is 1. The molecule has 1 saturated heterocycles. The summed E-state index contributed by atoms with van der Waals surface area (Å²) in [5, 5.41) is 4.39. The zero-order chi connectivity index (χ0) is 12.5. The summed E-state index contributed by atoms with van der Waals surface area (Å²) in [4.78, 5) is 0. The molecule has 1 aromatic heterocycles. The van der Waals surface area contributed by atoms with Crippen LogP contribution in [-0.2, 0) is 0 Å². The summed E-state index contributed by atoms with van der Waals surface area (Å²) in [7, 11) is 0. The van der Waals surface area contributed by atoms with Crippen molar-refractivity contribution in [3.8, 4) is 0 Å². The quantitative estimate of drug-likeness (QED) is 0.875. The van der Waals surface area contributed by atoms with E-state index in [9.17, 15) is 4.39 Å². The van der Waals surface area contributed by atoms with Crippen molar-refractivity contribution in [2.75, 3.05) is 13.1 Å². The van der Waals surface area contributed by atoms with Crippen LogP contribution in [0.25, 0.3) is 11.0 Å². The van der Waals surface area contributed by atoms with E-state index in [1.807, 2.05) is 6.07 Å². The third-order valence-electron chi connectivity index (χ3n) is 4.11. The Hall–Kier alpha value is -1.35. The molecule has 1 N–H and O–H groups in total. The lowest BCUT2D eigenvalue weighted by molar-refractivity contribution is 0.311. The molecule has 0 radical (unpaired) electrons. The van der Waals surface area contributed by atoms with Gasteiger partial charge in [0.15, 0.2) is 0 Å². The molecule has 0 aliphatic carbocycles. The third kappa shape index (κ3) is 1.83. The first kappa shape index (κ1) is 11.7. The molecule has 3 rings (SSSR count). The lowest BCUT2D eigenvalue weighted by atomic mass is 9.79. The van der Waals surface area contributed by atoms with Gasteiger partial charge in [-0.1, -0.05) is 13.3 Å². The summed E-state index contributed by atoms with van der Waals surface area (Å²) in [6.07, 6.45) is 3.69. The molecule has 1 aliphatic heterocycles. The molecule has 96 valence electrons. The Labute approximate surface area is 106 Å². The lowest BCUT2D eigenvalue weighted by Crippen LogP contribution is -2.35. The topological polar surface area (TPSA) is 25.2 Å². The predicted molar refractivity (Wildman–Crippen MR) is 70.2 cm³/mol. The highest BCUT2D eigenvalue weighted by Gasteiger charge is 2.29. The van der Waals surface area contributed by atoms with Crippen molar-refractivity contribution >= 4 is 11.0 Å². The van der Waals surface area contributed by atoms with Crippen LogP contribution in [0.1, 0.15) is 31.2 Å². The van der Waals surface area contributed by atoms with Gasteiger partial charge in [0, 0.05) is 10.9 Å². The Morgan fingerprint density at radius 3 is 3.11 bits per heavy atom. The molecule has 0 spiro atoms. The number of furan rings is 1. The fourth-order valence-electron chi connectivity index (χ4n) is 3.11. The van der Waals surface area contributed by atoms with Crippen LogP contribution in [0, 0.1) is 11.7 Å². The average molecular weight is 247 g/mol. The van der Waals surface area contributed by atoms with E-state index < -0.39 is 0 Å². The first-order chi connectivity index (χ1) is 8.81. The second-order valence-electron chi connectivity index (χ2n) is 5.07. The fourth-order valence-corrected chi connectivity index (χ4v) is 3.11. The maximum atomic E-state index is 14.2. The normalized spacial score (nSPS) is 24.6. The number of halogens is 1. The first-order valence-corrected chi connectivity index (χ1v) is 6.67. The van der Waals surface area contributed by atoms with Crippen LogP contribution < -0.4 is 5.32 Å². The maximum absolute atomic E-state index is 14.2. The zero-order valence-electron chi connectivity index (χ0n) is 10.6. The minimum Gasteiger partial charge on any atom is -0.464 e. The molecule has 2 nitrogen and oxygen atoms in total. The Balaban J connectivity index is 2.11. The lowest BCUT2D eigenvalue weighted by Gasteiger charge is -2.32. The highest BCUT2D eigenvalue weighted by atomic mass is 19.1. The molecule has 1 aliphatic rings. The minimum absolute atomic E-state index is 0.122. The molecule has 0 unspecified atom stereocenters. The van der Waals surface area contributed by atoms with Crippen molar-refractivity contribution in [3.63, 3.8) is 0 Å². The smallest absolute Gasteiger partial charge is 0.140 e. The van der Waals surface area contributed by atoms with Crippen LogP contribution in [0.3, 0.4) is 0 Å². The van der Waals surface area contributed by atoms with E-state index in [1.165, 1.54) is 0 Å². The molecule has 1 aromatic carbocycles. The van der Waals surface area contributed by atoms with Gasteiger partial charge >= 0.3 is 0 Å². The van der Waals surface area contributed by atoms with Crippen molar-refractivity contribution < 1.29 is 8.81 Å². The number of hydrogen-bond donors (Lipinski definition) is 1. The maximum Gasteiger partial charge on any atom is 0.140 e. The van der Waals surface area contributed by atoms with E-state index in [2.05, 4.69) is 12.2 Å². The second-order valence-corrected chi connectivity index (χ2v) is 5.07. The average Bonchev–Trinajstić information content (AvgIpc) is 2.87. The van der Waals surface area contributed by atoms with Gasteiger partial charge in [0.05, 0.1) is 6.26 Å². The van der Waals surface area contributed by atoms with Gasteiger partial charge in [0.25, 0.3) is 0 Å². The summed E-state index contributed by atoms with van der Waals surface area (Å²) in [6, 6.07) is 5.27. The van der Waals surface area contributed by atoms with Gasteiger partial charge < -0.3 is 9.73 Å². The highest BCUT2D eigenvalue weighted by molar-refractivity contribution is 5.81. The second kappa shape index (κ2) is 4.73. The predicted octanol–water partition coefficient (Wildman–Crippen LogP) is 3.68. The van der Waals surface area contributed by atoms with E-state index in [1.54, 1.807) is 18.4 Å². The van der Waals surface area contributed by atoms with E-state index in [0.29, 0.717) is 5.92 Å². The summed E-state index contributed by atoms with van der Waals surface area (Å²) < 4.78 is 19.7. The molecule has 3 heteroatoms. The van der Waals surface area contributed by atoms with Crippen molar-refractivity contribution in [2.24, 2.45) is 5.92 Å². The molecule has 1 fully saturated rings. The first-order valence-electron chi connectivity index (χ1n) is 6.67. The van der Waals surface area contributed by atoms with Crippen LogP contribution in [-0.4, -0.2) is 13.1 Å². The third-order valence-corrected chi connectivity index (χ3v) is 4.11. The summed E-state index contributed by atoms with van der Waals surface area (Å²) in [6.45, 7) is 4.10. The molecule has 0 bridgehead atoms. The molecule has 18 heavy (non-hydrogen) atoms. The molecule has 2 heterocycles. The number of piperidine rings is 1. The number of fused-ring (bicyclic) bond motifs is 1. The van der Waals surface area contributed by atoms with Gasteiger partial charge in [-0.25, -0.2) is 4.39 Å². The summed E-state index contributed by atoms with van der Waals surface area (Å²) in [5.41, 5.74) is 1.52. The van der Waals surface area contributed by atoms with Gasteiger partial charge in [-0.05, 0) is 49.5 Å². The molecule has 2 aromatic rings. The Morgan fingerprint density at radius 1 is 1.39 bits per heavy atom. The Kier molecular flexibility index (Phi) is 3.08. The number of hydrogen-bond acceptors (Lipinski definition) is 2. The van der Waals surface area contributed by atoms with Gasteiger partial charge in [-0.15, -0.1) is 0 Å². The summed E-state index contributed by atoms with van der Waals surface area (Å²) in [5.74, 6) is 0.637. The molecule has 0 saturated carbocycles. The van der Waals surface area contributed by atoms with Crippen molar-refractivity contribution in [1.82, 2.24) is 5.32 Å². The molecule has 2 atom stereocenters. The zero-order valence-corrected chi connectivity index (χ0v) is 10.6. The van der Waals surface area contributed by atoms with Gasteiger partial charge in [-0.3, -0.25) is 0 Å². The van der Waals surface area contributed by atoms with Gasteiger partial charge in [0.2, 0.25) is 0 Å². The van der Waals surface area contributed by atoms with E-state index >= 15 is 0 Å². The van der Waals surface area contributed by atoms with Gasteiger partial charge in [-0.2, -0.15) is 0 Å². The van der Waals surface area contributed by atoms with E-state index in [0.717, 1.165) is 42.5 Å². The number of rotatable bonds is 2. The Bertz CT molecular complexity index is 548. The fraction of sp³-hybridized carbons (Fsp3) is 0.467. The highest BCUT2D eigenvalue weighted by Crippen LogP contribution is 2.38. The molecule has 0 amide bonds. The van der Waals surface area contributed by atoms with Crippen molar-refractivity contribution in [2.45, 2.75) is 25.7 Å². The molecular formula is C15H18FNO. The largest absolute Gasteiger partial charge is 0.464 e. The standard InChI is InChI=1S/C15H18FNO/c1-2-10-9-17-7-5-12(10)14-13(16)4-3-11-6-8-18-15(11)14/h3-4,6,8,10,12,17H,2,5,7,9H2,1H3/t10-,12+/m1/s1. The van der Waals surface area contributed by atoms with Crippen LogP contribution in [0.15, 0.2) is 28.9 Å². The van der Waals surface area contributed by atoms with Crippen LogP contribution in [0.4, 0.5) is 4.39 Å².